The van der Waals surface area contributed by atoms with Crippen molar-refractivity contribution in [2.75, 3.05) is 12.4 Å². The molecule has 1 aromatic carbocycles. The maximum Gasteiger partial charge on any atom is 0.319 e. The smallest absolute Gasteiger partial charge is 0.319 e. The second-order valence-electron chi connectivity index (χ2n) is 4.00. The molecule has 0 aromatic heterocycles. The molecule has 7 heteroatoms. The topological polar surface area (TPSA) is 109 Å². The molecule has 0 saturated heterocycles. The minimum atomic E-state index is -0.386. The number of carbonyl (C=O) groups excluding carboxylic acids is 1. The van der Waals surface area contributed by atoms with Gasteiger partial charge < -0.3 is 26.3 Å². The van der Waals surface area contributed by atoms with E-state index in [0.29, 0.717) is 11.4 Å². The number of para-hydroxylation sites is 2. The number of amidine groups is 1. The lowest BCUT2D eigenvalue weighted by atomic mass is 10.2. The summed E-state index contributed by atoms with van der Waals surface area (Å²) in [6, 6.07) is 6.43. The van der Waals surface area contributed by atoms with Gasteiger partial charge in [0.25, 0.3) is 0 Å². The molecule has 19 heavy (non-hydrogen) atoms. The number of rotatable bonds is 5. The van der Waals surface area contributed by atoms with Crippen LogP contribution in [0.5, 0.6) is 5.75 Å². The molecule has 0 aliphatic heterocycles. The zero-order valence-electron chi connectivity index (χ0n) is 10.9. The number of amides is 2. The molecule has 0 radical (unpaired) electrons. The number of nitrogens with one attached hydrogen (secondary N) is 2. The molecule has 7 nitrogen and oxygen atoms in total. The summed E-state index contributed by atoms with van der Waals surface area (Å²) in [6.07, 6.45) is 0.260. The van der Waals surface area contributed by atoms with Crippen LogP contribution in [0.1, 0.15) is 13.3 Å². The highest BCUT2D eigenvalue weighted by molar-refractivity contribution is 5.91. The van der Waals surface area contributed by atoms with Gasteiger partial charge >= 0.3 is 6.03 Å². The Hall–Kier alpha value is -2.44. The van der Waals surface area contributed by atoms with Crippen LogP contribution in [0.15, 0.2) is 29.4 Å². The first-order valence-corrected chi connectivity index (χ1v) is 5.73. The average Bonchev–Trinajstić information content (AvgIpc) is 2.38. The Morgan fingerprint density at radius 2 is 2.21 bits per heavy atom. The number of benzene rings is 1. The molecule has 104 valence electrons. The highest BCUT2D eigenvalue weighted by atomic mass is 16.5. The van der Waals surface area contributed by atoms with Crippen molar-refractivity contribution >= 4 is 17.6 Å². The molecule has 0 saturated carbocycles. The number of oxime groups is 1. The molecule has 0 heterocycles. The third-order valence-corrected chi connectivity index (χ3v) is 2.38. The van der Waals surface area contributed by atoms with Gasteiger partial charge in [-0.3, -0.25) is 0 Å². The van der Waals surface area contributed by atoms with Gasteiger partial charge in [-0.2, -0.15) is 0 Å². The monoisotopic (exact) mass is 266 g/mol. The van der Waals surface area contributed by atoms with E-state index in [2.05, 4.69) is 15.8 Å². The minimum absolute atomic E-state index is 0.0603. The summed E-state index contributed by atoms with van der Waals surface area (Å²) in [7, 11) is 1.53. The van der Waals surface area contributed by atoms with E-state index in [9.17, 15) is 4.79 Å². The van der Waals surface area contributed by atoms with Crippen LogP contribution in [0.2, 0.25) is 0 Å². The van der Waals surface area contributed by atoms with Crippen molar-refractivity contribution in [1.29, 1.82) is 0 Å². The molecule has 0 aliphatic carbocycles. The summed E-state index contributed by atoms with van der Waals surface area (Å²) in [6.45, 7) is 1.75. The normalized spacial score (nSPS) is 12.6. The number of ether oxygens (including phenoxy) is 1. The van der Waals surface area contributed by atoms with Gasteiger partial charge in [-0.05, 0) is 19.1 Å². The van der Waals surface area contributed by atoms with Gasteiger partial charge in [-0.1, -0.05) is 17.3 Å². The van der Waals surface area contributed by atoms with Crippen LogP contribution in [-0.2, 0) is 0 Å². The number of anilines is 1. The Morgan fingerprint density at radius 3 is 2.84 bits per heavy atom. The first kappa shape index (κ1) is 14.6. The Balaban J connectivity index is 2.55. The first-order chi connectivity index (χ1) is 9.06. The van der Waals surface area contributed by atoms with Crippen molar-refractivity contribution in [3.63, 3.8) is 0 Å². The summed E-state index contributed by atoms with van der Waals surface area (Å²) in [5.74, 6) is 0.631. The minimum Gasteiger partial charge on any atom is -0.495 e. The molecule has 1 rings (SSSR count). The summed E-state index contributed by atoms with van der Waals surface area (Å²) < 4.78 is 5.12. The van der Waals surface area contributed by atoms with Crippen LogP contribution in [0, 0.1) is 0 Å². The molecule has 0 aliphatic rings. The van der Waals surface area contributed by atoms with E-state index in [0.717, 1.165) is 0 Å². The molecule has 0 spiro atoms. The maximum absolute atomic E-state index is 11.7. The number of urea groups is 1. The van der Waals surface area contributed by atoms with E-state index in [1.807, 2.05) is 6.07 Å². The van der Waals surface area contributed by atoms with E-state index in [1.165, 1.54) is 7.11 Å². The van der Waals surface area contributed by atoms with E-state index >= 15 is 0 Å². The van der Waals surface area contributed by atoms with Crippen molar-refractivity contribution in [3.05, 3.63) is 24.3 Å². The van der Waals surface area contributed by atoms with Crippen LogP contribution in [0.4, 0.5) is 10.5 Å². The van der Waals surface area contributed by atoms with Gasteiger partial charge in [-0.15, -0.1) is 0 Å². The number of methoxy groups -OCH3 is 1. The second-order valence-corrected chi connectivity index (χ2v) is 4.00. The molecular formula is C12H18N4O3. The predicted molar refractivity (Wildman–Crippen MR) is 72.6 cm³/mol. The van der Waals surface area contributed by atoms with E-state index in [1.54, 1.807) is 25.1 Å². The molecule has 1 aromatic rings. The van der Waals surface area contributed by atoms with Crippen LogP contribution in [0.3, 0.4) is 0 Å². The third-order valence-electron chi connectivity index (χ3n) is 2.38. The fraction of sp³-hybridized carbons (Fsp3) is 0.333. The summed E-state index contributed by atoms with van der Waals surface area (Å²) in [5.41, 5.74) is 5.92. The van der Waals surface area contributed by atoms with Gasteiger partial charge in [-0.25, -0.2) is 4.79 Å². The van der Waals surface area contributed by atoms with Crippen molar-refractivity contribution in [3.8, 4) is 5.75 Å². The SMILES string of the molecule is COc1ccccc1NC(=O)NC(C)CC(N)=NO. The lowest BCUT2D eigenvalue weighted by molar-refractivity contribution is 0.249. The van der Waals surface area contributed by atoms with E-state index in [-0.39, 0.29) is 24.3 Å². The van der Waals surface area contributed by atoms with E-state index < -0.39 is 0 Å². The van der Waals surface area contributed by atoms with Gasteiger partial charge in [0, 0.05) is 12.5 Å². The highest BCUT2D eigenvalue weighted by Gasteiger charge is 2.11. The van der Waals surface area contributed by atoms with Gasteiger partial charge in [0.05, 0.1) is 12.8 Å². The number of hydrogen-bond donors (Lipinski definition) is 4. The lowest BCUT2D eigenvalue weighted by Crippen LogP contribution is -2.38. The molecule has 0 bridgehead atoms. The van der Waals surface area contributed by atoms with E-state index in [4.69, 9.17) is 15.7 Å². The Morgan fingerprint density at radius 1 is 1.53 bits per heavy atom. The maximum atomic E-state index is 11.7. The van der Waals surface area contributed by atoms with Crippen molar-refractivity contribution < 1.29 is 14.7 Å². The van der Waals surface area contributed by atoms with Gasteiger partial charge in [0.2, 0.25) is 0 Å². The molecule has 1 unspecified atom stereocenters. The van der Waals surface area contributed by atoms with Gasteiger partial charge in [0.15, 0.2) is 0 Å². The quantitative estimate of drug-likeness (QED) is 0.279. The molecular weight excluding hydrogens is 248 g/mol. The highest BCUT2D eigenvalue weighted by Crippen LogP contribution is 2.22. The number of nitrogens with two attached hydrogens (primary N) is 1. The van der Waals surface area contributed by atoms with Crippen LogP contribution < -0.4 is 21.1 Å². The van der Waals surface area contributed by atoms with Crippen LogP contribution >= 0.6 is 0 Å². The number of nitrogens with zero attached hydrogens (tertiary/aromatic N) is 1. The number of hydrogen-bond acceptors (Lipinski definition) is 4. The van der Waals surface area contributed by atoms with Crippen LogP contribution in [-0.4, -0.2) is 30.2 Å². The Bertz CT molecular complexity index is 462. The summed E-state index contributed by atoms with van der Waals surface area (Å²) in [5, 5.41) is 16.6. The predicted octanol–water partition coefficient (Wildman–Crippen LogP) is 1.34. The summed E-state index contributed by atoms with van der Waals surface area (Å²) in [4.78, 5) is 11.7. The second kappa shape index (κ2) is 7.10. The Labute approximate surface area is 111 Å². The first-order valence-electron chi connectivity index (χ1n) is 5.73. The van der Waals surface area contributed by atoms with Crippen molar-refractivity contribution in [2.24, 2.45) is 10.9 Å². The largest absolute Gasteiger partial charge is 0.495 e. The van der Waals surface area contributed by atoms with Crippen LogP contribution in [0.25, 0.3) is 0 Å². The molecule has 2 amide bonds. The summed E-state index contributed by atoms with van der Waals surface area (Å²) >= 11 is 0. The van der Waals surface area contributed by atoms with Crippen molar-refractivity contribution in [2.45, 2.75) is 19.4 Å². The molecule has 0 fully saturated rings. The van der Waals surface area contributed by atoms with Gasteiger partial charge in [0.1, 0.15) is 11.6 Å². The molecule has 5 N–H and O–H groups in total. The van der Waals surface area contributed by atoms with Crippen molar-refractivity contribution in [1.82, 2.24) is 5.32 Å². The number of carbonyl (C=O) groups is 1. The average molecular weight is 266 g/mol. The fourth-order valence-corrected chi connectivity index (χ4v) is 1.54. The standard InChI is InChI=1S/C12H18N4O3/c1-8(7-11(13)16-18)14-12(17)15-9-5-3-4-6-10(9)19-2/h3-6,8,18H,7H2,1-2H3,(H2,13,16)(H2,14,15,17). The zero-order valence-corrected chi connectivity index (χ0v) is 10.9. The lowest BCUT2D eigenvalue weighted by Gasteiger charge is -2.15. The molecule has 1 atom stereocenters. The fourth-order valence-electron chi connectivity index (χ4n) is 1.54. The Kier molecular flexibility index (Phi) is 5.46. The zero-order chi connectivity index (χ0) is 14.3. The third kappa shape index (κ3) is 4.74.